The Morgan fingerprint density at radius 3 is 2.23 bits per heavy atom. The molecule has 0 saturated carbocycles. The fourth-order valence-corrected chi connectivity index (χ4v) is 5.18. The van der Waals surface area contributed by atoms with Gasteiger partial charge in [-0.05, 0) is 36.1 Å². The van der Waals surface area contributed by atoms with Crippen LogP contribution < -0.4 is 0 Å². The van der Waals surface area contributed by atoms with E-state index >= 15 is 0 Å². The van der Waals surface area contributed by atoms with Gasteiger partial charge in [0.05, 0.1) is 30.6 Å². The van der Waals surface area contributed by atoms with E-state index in [1.54, 1.807) is 0 Å². The van der Waals surface area contributed by atoms with E-state index in [2.05, 4.69) is 96.2 Å². The summed E-state index contributed by atoms with van der Waals surface area (Å²) in [6, 6.07) is 29.2. The van der Waals surface area contributed by atoms with Gasteiger partial charge < -0.3 is 9.30 Å². The van der Waals surface area contributed by atoms with Crippen molar-refractivity contribution in [2.45, 2.75) is 71.6 Å². The molecule has 0 saturated heterocycles. The molecule has 0 amide bonds. The molecule has 0 aliphatic carbocycles. The second-order valence-corrected chi connectivity index (χ2v) is 10.1. The second-order valence-electron chi connectivity index (χ2n) is 10.1. The number of imidazole rings is 1. The maximum atomic E-state index is 12.3. The zero-order valence-electron chi connectivity index (χ0n) is 23.6. The molecule has 0 aliphatic rings. The molecule has 0 bridgehead atoms. The largest absolute Gasteiger partial charge is 0.465 e. The SMILES string of the molecule is CCCCC(c1cnc(-c2ccccc2)n1CCCC)N(Cc1ccccc1)Cc1cccc(C(=O)OC)c1. The first kappa shape index (κ1) is 28.3. The molecule has 1 aromatic heterocycles. The Morgan fingerprint density at radius 1 is 0.872 bits per heavy atom. The van der Waals surface area contributed by atoms with Gasteiger partial charge in [-0.2, -0.15) is 0 Å². The summed E-state index contributed by atoms with van der Waals surface area (Å²) >= 11 is 0. The van der Waals surface area contributed by atoms with Crippen molar-refractivity contribution in [2.75, 3.05) is 7.11 Å². The highest BCUT2D eigenvalue weighted by molar-refractivity contribution is 5.89. The summed E-state index contributed by atoms with van der Waals surface area (Å²) in [5, 5.41) is 0. The van der Waals surface area contributed by atoms with E-state index in [1.165, 1.54) is 18.4 Å². The molecule has 39 heavy (non-hydrogen) atoms. The molecule has 0 aliphatic heterocycles. The van der Waals surface area contributed by atoms with Crippen molar-refractivity contribution in [3.8, 4) is 11.4 Å². The number of nitrogens with zero attached hydrogens (tertiary/aromatic N) is 3. The van der Waals surface area contributed by atoms with Crippen molar-refractivity contribution < 1.29 is 9.53 Å². The van der Waals surface area contributed by atoms with Crippen LogP contribution in [0.25, 0.3) is 11.4 Å². The number of hydrogen-bond donors (Lipinski definition) is 0. The van der Waals surface area contributed by atoms with Crippen LogP contribution >= 0.6 is 0 Å². The summed E-state index contributed by atoms with van der Waals surface area (Å²) in [6.07, 6.45) is 7.61. The molecule has 4 rings (SSSR count). The fourth-order valence-electron chi connectivity index (χ4n) is 5.18. The molecule has 4 aromatic rings. The van der Waals surface area contributed by atoms with Crippen LogP contribution in [0.4, 0.5) is 0 Å². The first-order chi connectivity index (χ1) is 19.1. The molecule has 1 atom stereocenters. The number of methoxy groups -OCH3 is 1. The number of hydrogen-bond acceptors (Lipinski definition) is 4. The zero-order chi connectivity index (χ0) is 27.5. The molecule has 0 N–H and O–H groups in total. The summed E-state index contributed by atoms with van der Waals surface area (Å²) in [5.74, 6) is 0.729. The second kappa shape index (κ2) is 14.5. The van der Waals surface area contributed by atoms with Gasteiger partial charge in [-0.1, -0.05) is 106 Å². The number of unbranched alkanes of at least 4 members (excludes halogenated alkanes) is 2. The van der Waals surface area contributed by atoms with E-state index in [-0.39, 0.29) is 12.0 Å². The van der Waals surface area contributed by atoms with Gasteiger partial charge in [0, 0.05) is 25.2 Å². The average molecular weight is 524 g/mol. The van der Waals surface area contributed by atoms with Crippen molar-refractivity contribution in [1.82, 2.24) is 14.5 Å². The Labute approximate surface area is 233 Å². The number of rotatable bonds is 14. The minimum atomic E-state index is -0.306. The third-order valence-electron chi connectivity index (χ3n) is 7.23. The van der Waals surface area contributed by atoms with Gasteiger partial charge in [-0.3, -0.25) is 4.90 Å². The molecule has 3 aromatic carbocycles. The normalized spacial score (nSPS) is 12.0. The van der Waals surface area contributed by atoms with E-state index < -0.39 is 0 Å². The van der Waals surface area contributed by atoms with Crippen LogP contribution in [0, 0.1) is 0 Å². The van der Waals surface area contributed by atoms with E-state index in [4.69, 9.17) is 9.72 Å². The van der Waals surface area contributed by atoms with E-state index in [9.17, 15) is 4.79 Å². The van der Waals surface area contributed by atoms with Crippen LogP contribution in [0.15, 0.2) is 91.1 Å². The van der Waals surface area contributed by atoms with Gasteiger partial charge >= 0.3 is 5.97 Å². The predicted molar refractivity (Wildman–Crippen MR) is 158 cm³/mol. The molecule has 0 spiro atoms. The maximum absolute atomic E-state index is 12.3. The molecular formula is C34H41N3O2. The van der Waals surface area contributed by atoms with Crippen LogP contribution in [-0.2, 0) is 24.4 Å². The highest BCUT2D eigenvalue weighted by Crippen LogP contribution is 2.33. The van der Waals surface area contributed by atoms with Gasteiger partial charge in [-0.15, -0.1) is 0 Å². The van der Waals surface area contributed by atoms with Gasteiger partial charge in [-0.25, -0.2) is 9.78 Å². The number of esters is 1. The number of aromatic nitrogens is 2. The number of carbonyl (C=O) groups excluding carboxylic acids is 1. The van der Waals surface area contributed by atoms with Crippen molar-refractivity contribution >= 4 is 5.97 Å². The maximum Gasteiger partial charge on any atom is 0.337 e. The molecule has 1 unspecified atom stereocenters. The molecule has 204 valence electrons. The molecule has 1 heterocycles. The number of carbonyl (C=O) groups is 1. The van der Waals surface area contributed by atoms with Crippen molar-refractivity contribution in [2.24, 2.45) is 0 Å². The van der Waals surface area contributed by atoms with Crippen molar-refractivity contribution in [3.63, 3.8) is 0 Å². The predicted octanol–water partition coefficient (Wildman–Crippen LogP) is 8.07. The number of ether oxygens (including phenoxy) is 1. The lowest BCUT2D eigenvalue weighted by Gasteiger charge is -2.33. The Bertz CT molecular complexity index is 1300. The summed E-state index contributed by atoms with van der Waals surface area (Å²) in [7, 11) is 1.43. The first-order valence-electron chi connectivity index (χ1n) is 14.2. The van der Waals surface area contributed by atoms with Crippen molar-refractivity contribution in [3.05, 3.63) is 114 Å². The van der Waals surface area contributed by atoms with E-state index in [0.717, 1.165) is 62.1 Å². The van der Waals surface area contributed by atoms with E-state index in [1.807, 2.05) is 18.2 Å². The molecule has 0 radical (unpaired) electrons. The summed E-state index contributed by atoms with van der Waals surface area (Å²) < 4.78 is 7.44. The van der Waals surface area contributed by atoms with E-state index in [0.29, 0.717) is 12.1 Å². The summed E-state index contributed by atoms with van der Waals surface area (Å²) in [6.45, 7) is 6.95. The lowest BCUT2D eigenvalue weighted by atomic mass is 10.0. The Balaban J connectivity index is 1.78. The monoisotopic (exact) mass is 523 g/mol. The van der Waals surface area contributed by atoms with Crippen molar-refractivity contribution in [1.29, 1.82) is 0 Å². The third-order valence-corrected chi connectivity index (χ3v) is 7.23. The molecule has 0 fully saturated rings. The smallest absolute Gasteiger partial charge is 0.337 e. The fraction of sp³-hybridized carbons (Fsp3) is 0.353. The number of benzene rings is 3. The van der Waals surface area contributed by atoms with Gasteiger partial charge in [0.2, 0.25) is 0 Å². The minimum absolute atomic E-state index is 0.175. The molecule has 5 heteroatoms. The van der Waals surface area contributed by atoms with Crippen LogP contribution in [0.3, 0.4) is 0 Å². The average Bonchev–Trinajstić information content (AvgIpc) is 3.40. The summed E-state index contributed by atoms with van der Waals surface area (Å²) in [5.41, 5.74) is 5.36. The standard InChI is InChI=1S/C34H41N3O2/c1-4-6-21-31(32-24-35-33(37(32)22-7-5-2)29-18-12-9-13-19-29)36(25-27-15-10-8-11-16-27)26-28-17-14-20-30(23-28)34(38)39-3/h8-20,23-24,31H,4-7,21-22,25-26H2,1-3H3. The van der Waals surface area contributed by atoms with Crippen LogP contribution in [0.1, 0.15) is 79.2 Å². The quantitative estimate of drug-likeness (QED) is 0.157. The van der Waals surface area contributed by atoms with Gasteiger partial charge in [0.1, 0.15) is 5.82 Å². The van der Waals surface area contributed by atoms with Crippen LogP contribution in [-0.4, -0.2) is 27.5 Å². The lowest BCUT2D eigenvalue weighted by Crippen LogP contribution is -2.30. The third kappa shape index (κ3) is 7.45. The molecular weight excluding hydrogens is 482 g/mol. The van der Waals surface area contributed by atoms with Crippen LogP contribution in [0.5, 0.6) is 0 Å². The van der Waals surface area contributed by atoms with Gasteiger partial charge in [0.15, 0.2) is 0 Å². The Kier molecular flexibility index (Phi) is 10.5. The Morgan fingerprint density at radius 2 is 1.54 bits per heavy atom. The van der Waals surface area contributed by atoms with Crippen LogP contribution in [0.2, 0.25) is 0 Å². The highest BCUT2D eigenvalue weighted by Gasteiger charge is 2.26. The minimum Gasteiger partial charge on any atom is -0.465 e. The first-order valence-corrected chi connectivity index (χ1v) is 14.2. The summed E-state index contributed by atoms with van der Waals surface area (Å²) in [4.78, 5) is 19.8. The Hall–Kier alpha value is -3.70. The topological polar surface area (TPSA) is 47.4 Å². The zero-order valence-corrected chi connectivity index (χ0v) is 23.6. The molecule has 5 nitrogen and oxygen atoms in total. The highest BCUT2D eigenvalue weighted by atomic mass is 16.5. The van der Waals surface area contributed by atoms with Gasteiger partial charge in [0.25, 0.3) is 0 Å². The lowest BCUT2D eigenvalue weighted by molar-refractivity contribution is 0.0600.